The lowest BCUT2D eigenvalue weighted by Crippen LogP contribution is -2.59. The molecule has 400 valence electrons. The number of primary amides is 1. The van der Waals surface area contributed by atoms with Crippen LogP contribution >= 0.6 is 0 Å². The fourth-order valence-electron chi connectivity index (χ4n) is 8.82. The number of rotatable bonds is 24. The summed E-state index contributed by atoms with van der Waals surface area (Å²) in [5.41, 5.74) is 10.5. The van der Waals surface area contributed by atoms with Gasteiger partial charge in [-0.1, -0.05) is 0 Å². The molecule has 0 bridgehead atoms. The number of nitrogens with one attached hydrogen (secondary N) is 7. The molecule has 4 aliphatic rings. The molecule has 15 N–H and O–H groups in total. The standard InChI is InChI=1S/C42H65N13O17/c1-21(39(68)54-12-4-8-28(54)41(70)55-13-5-9-29(55)40(69)53-11-3-7-27(53)38(67)51-25(20-58)42(71)72)48-32(61)16-47-35(64)23(18-56)49-36(65)24(19-57)50-37(66)26-6-2-10-52(26)33(62)17-45-31(60)15-46-34(63)22(43)14-30(44)59/h21-29,56-58H,2-20,43H2,1H3,(H2,44,59)(H,45,60)(H,46,63)(H,47,64)(H,48,61)(H,49,65)(H,50,66)(H,51,67)(H,71,72)/t21-,22-,23-,24-,25-,26-,27-,28-,29-/m0/s1. The fourth-order valence-corrected chi connectivity index (χ4v) is 8.82. The van der Waals surface area contributed by atoms with E-state index in [0.29, 0.717) is 25.7 Å². The van der Waals surface area contributed by atoms with Crippen molar-refractivity contribution in [3.8, 4) is 0 Å². The van der Waals surface area contributed by atoms with Crippen LogP contribution in [-0.2, 0) is 62.3 Å². The van der Waals surface area contributed by atoms with E-state index in [9.17, 15) is 82.8 Å². The first-order valence-electron chi connectivity index (χ1n) is 23.5. The summed E-state index contributed by atoms with van der Waals surface area (Å²) in [6.45, 7) is -2.78. The van der Waals surface area contributed by atoms with Crippen LogP contribution in [0.1, 0.15) is 64.7 Å². The van der Waals surface area contributed by atoms with E-state index >= 15 is 0 Å². The molecule has 0 aromatic rings. The molecule has 0 aromatic heterocycles. The number of carboxylic acid groups (broad SMARTS) is 1. The van der Waals surface area contributed by atoms with E-state index in [-0.39, 0.29) is 51.9 Å². The van der Waals surface area contributed by atoms with E-state index in [1.165, 1.54) is 21.6 Å². The molecule has 4 heterocycles. The normalized spacial score (nSPS) is 21.6. The van der Waals surface area contributed by atoms with Crippen LogP contribution < -0.4 is 48.7 Å². The second-order valence-corrected chi connectivity index (χ2v) is 17.7. The first-order valence-corrected chi connectivity index (χ1v) is 23.5. The number of aliphatic hydroxyl groups is 3. The van der Waals surface area contributed by atoms with Gasteiger partial charge in [0.25, 0.3) is 0 Å². The van der Waals surface area contributed by atoms with Gasteiger partial charge in [-0.3, -0.25) is 57.5 Å². The Balaban J connectivity index is 1.23. The number of nitrogens with two attached hydrogens (primary N) is 2. The highest BCUT2D eigenvalue weighted by atomic mass is 16.4. The third-order valence-corrected chi connectivity index (χ3v) is 12.6. The predicted octanol–water partition coefficient (Wildman–Crippen LogP) is -9.48. The molecule has 9 atom stereocenters. The molecule has 4 aliphatic heterocycles. The Morgan fingerprint density at radius 2 is 0.972 bits per heavy atom. The zero-order chi connectivity index (χ0) is 53.4. The van der Waals surface area contributed by atoms with Crippen molar-refractivity contribution < 1.29 is 82.8 Å². The highest BCUT2D eigenvalue weighted by Gasteiger charge is 2.46. The van der Waals surface area contributed by atoms with Gasteiger partial charge in [-0.25, -0.2) is 4.79 Å². The van der Waals surface area contributed by atoms with Crippen LogP contribution in [0.5, 0.6) is 0 Å². The molecular weight excluding hydrogens is 959 g/mol. The first kappa shape index (κ1) is 57.5. The largest absolute Gasteiger partial charge is 0.480 e. The van der Waals surface area contributed by atoms with Gasteiger partial charge in [-0.15, -0.1) is 0 Å². The predicted molar refractivity (Wildman–Crippen MR) is 242 cm³/mol. The third-order valence-electron chi connectivity index (χ3n) is 12.6. The highest BCUT2D eigenvalue weighted by molar-refractivity contribution is 5.99. The minimum Gasteiger partial charge on any atom is -0.480 e. The van der Waals surface area contributed by atoms with Crippen molar-refractivity contribution in [1.29, 1.82) is 0 Å². The minimum absolute atomic E-state index is 0.0928. The molecule has 0 aliphatic carbocycles. The summed E-state index contributed by atoms with van der Waals surface area (Å²) < 4.78 is 0. The smallest absolute Gasteiger partial charge is 0.328 e. The molecule has 30 heteroatoms. The molecule has 0 aromatic carbocycles. The molecule has 0 radical (unpaired) electrons. The van der Waals surface area contributed by atoms with Crippen molar-refractivity contribution in [3.05, 3.63) is 0 Å². The van der Waals surface area contributed by atoms with Gasteiger partial charge in [0.2, 0.25) is 70.9 Å². The molecule has 72 heavy (non-hydrogen) atoms. The van der Waals surface area contributed by atoms with Gasteiger partial charge in [0.05, 0.1) is 51.9 Å². The average Bonchev–Trinajstić information content (AvgIpc) is 4.21. The van der Waals surface area contributed by atoms with E-state index in [0.717, 1.165) is 4.90 Å². The van der Waals surface area contributed by atoms with Gasteiger partial charge in [0.15, 0.2) is 0 Å². The van der Waals surface area contributed by atoms with Crippen LogP contribution in [0, 0.1) is 0 Å². The number of carboxylic acids is 1. The van der Waals surface area contributed by atoms with E-state index in [1.807, 2.05) is 0 Å². The lowest BCUT2D eigenvalue weighted by molar-refractivity contribution is -0.151. The zero-order valence-electron chi connectivity index (χ0n) is 39.7. The van der Waals surface area contributed by atoms with Crippen molar-refractivity contribution in [2.75, 3.05) is 65.6 Å². The number of nitrogens with zero attached hydrogens (tertiary/aromatic N) is 4. The highest BCUT2D eigenvalue weighted by Crippen LogP contribution is 2.29. The van der Waals surface area contributed by atoms with Crippen LogP contribution in [0.15, 0.2) is 0 Å². The van der Waals surface area contributed by atoms with E-state index < -0.39 is 177 Å². The second-order valence-electron chi connectivity index (χ2n) is 17.7. The number of hydrogen-bond donors (Lipinski definition) is 13. The quantitative estimate of drug-likeness (QED) is 0.0427. The van der Waals surface area contributed by atoms with Gasteiger partial charge in [-0.05, 0) is 58.3 Å². The molecule has 4 saturated heterocycles. The van der Waals surface area contributed by atoms with Crippen LogP contribution in [0.2, 0.25) is 0 Å². The lowest BCUT2D eigenvalue weighted by Gasteiger charge is -2.34. The van der Waals surface area contributed by atoms with Crippen molar-refractivity contribution in [1.82, 2.24) is 56.8 Å². The molecule has 0 unspecified atom stereocenters. The van der Waals surface area contributed by atoms with Crippen LogP contribution in [0.25, 0.3) is 0 Å². The molecular formula is C42H65N13O17. The minimum atomic E-state index is -1.70. The number of amides is 12. The summed E-state index contributed by atoms with van der Waals surface area (Å²) in [7, 11) is 0. The average molecular weight is 1020 g/mol. The number of carbonyl (C=O) groups excluding carboxylic acids is 12. The van der Waals surface area contributed by atoms with Crippen LogP contribution in [-0.4, -0.2) is 237 Å². The van der Waals surface area contributed by atoms with Gasteiger partial charge < -0.3 is 88.7 Å². The molecule has 4 rings (SSSR count). The maximum absolute atomic E-state index is 14.0. The number of hydrogen-bond acceptors (Lipinski definition) is 17. The van der Waals surface area contributed by atoms with Gasteiger partial charge >= 0.3 is 5.97 Å². The summed E-state index contributed by atoms with van der Waals surface area (Å²) in [6.07, 6.45) is 2.15. The summed E-state index contributed by atoms with van der Waals surface area (Å²) in [6, 6.07) is -11.5. The molecule has 0 saturated carbocycles. The van der Waals surface area contributed by atoms with E-state index in [4.69, 9.17) is 11.5 Å². The number of likely N-dealkylation sites (tertiary alicyclic amines) is 4. The Labute approximate surface area is 412 Å². The maximum atomic E-state index is 14.0. The lowest BCUT2D eigenvalue weighted by atomic mass is 10.1. The zero-order valence-corrected chi connectivity index (χ0v) is 39.7. The fraction of sp³-hybridized carbons (Fsp3) is 0.690. The third kappa shape index (κ3) is 15.2. The van der Waals surface area contributed by atoms with Gasteiger partial charge in [0, 0.05) is 26.2 Å². The second kappa shape index (κ2) is 27.0. The van der Waals surface area contributed by atoms with Crippen molar-refractivity contribution in [2.24, 2.45) is 11.5 Å². The molecule has 0 spiro atoms. The number of aliphatic carboxylic acids is 1. The molecule has 12 amide bonds. The van der Waals surface area contributed by atoms with Gasteiger partial charge in [-0.2, -0.15) is 0 Å². The van der Waals surface area contributed by atoms with Crippen molar-refractivity contribution in [3.63, 3.8) is 0 Å². The summed E-state index contributed by atoms with van der Waals surface area (Å²) in [4.78, 5) is 171. The molecule has 4 fully saturated rings. The topological polar surface area (TPSA) is 452 Å². The summed E-state index contributed by atoms with van der Waals surface area (Å²) >= 11 is 0. The van der Waals surface area contributed by atoms with E-state index in [1.54, 1.807) is 0 Å². The van der Waals surface area contributed by atoms with E-state index in [2.05, 4.69) is 37.2 Å². The monoisotopic (exact) mass is 1020 g/mol. The van der Waals surface area contributed by atoms with Gasteiger partial charge in [0.1, 0.15) is 48.3 Å². The SMILES string of the molecule is C[C@H](NC(=O)CNC(=O)[C@H](CO)NC(=O)[C@H](CO)NC(=O)[C@@H]1CCCN1C(=O)CNC(=O)CNC(=O)[C@@H](N)CC(N)=O)C(=O)N1CCC[C@H]1C(=O)N1CCC[C@H]1C(=O)N1CCC[C@H]1C(=O)N[C@@H](CO)C(=O)O. The first-order chi connectivity index (χ1) is 34.1. The Morgan fingerprint density at radius 3 is 1.51 bits per heavy atom. The summed E-state index contributed by atoms with van der Waals surface area (Å²) in [5.74, 6) is -10.9. The Hall–Kier alpha value is -7.05. The summed E-state index contributed by atoms with van der Waals surface area (Å²) in [5, 5.41) is 54.2. The Morgan fingerprint density at radius 1 is 0.528 bits per heavy atom. The van der Waals surface area contributed by atoms with Crippen LogP contribution in [0.4, 0.5) is 0 Å². The Bertz CT molecular complexity index is 2100. The van der Waals surface area contributed by atoms with Crippen molar-refractivity contribution >= 4 is 76.9 Å². The van der Waals surface area contributed by atoms with Crippen molar-refractivity contribution in [2.45, 2.75) is 119 Å². The molecule has 30 nitrogen and oxygen atoms in total. The Kier molecular flexibility index (Phi) is 21.5. The number of carbonyl (C=O) groups is 13. The maximum Gasteiger partial charge on any atom is 0.328 e. The van der Waals surface area contributed by atoms with Crippen LogP contribution in [0.3, 0.4) is 0 Å². The number of aliphatic hydroxyl groups excluding tert-OH is 3.